The van der Waals surface area contributed by atoms with Gasteiger partial charge in [-0.2, -0.15) is 4.39 Å². The van der Waals surface area contributed by atoms with E-state index < -0.39 is 29.1 Å². The van der Waals surface area contributed by atoms with Crippen molar-refractivity contribution in [1.82, 2.24) is 9.47 Å². The highest BCUT2D eigenvalue weighted by molar-refractivity contribution is 5.86. The summed E-state index contributed by atoms with van der Waals surface area (Å²) in [6.07, 6.45) is -0.756. The van der Waals surface area contributed by atoms with E-state index in [-0.39, 0.29) is 16.6 Å². The van der Waals surface area contributed by atoms with Crippen molar-refractivity contribution in [3.05, 3.63) is 64.5 Å². The van der Waals surface area contributed by atoms with Gasteiger partial charge >= 0.3 is 6.16 Å². The number of hydrogen-bond acceptors (Lipinski definition) is 5. The summed E-state index contributed by atoms with van der Waals surface area (Å²) < 4.78 is 34.4. The van der Waals surface area contributed by atoms with E-state index in [1.54, 1.807) is 18.2 Å². The Balaban J connectivity index is 1.73. The van der Waals surface area contributed by atoms with Gasteiger partial charge in [0.1, 0.15) is 5.82 Å². The maximum Gasteiger partial charge on any atom is 0.511 e. The number of piperazine rings is 1. The van der Waals surface area contributed by atoms with Gasteiger partial charge in [-0.25, -0.2) is 9.18 Å². The van der Waals surface area contributed by atoms with Crippen LogP contribution in [-0.4, -0.2) is 52.9 Å². The third kappa shape index (κ3) is 3.12. The van der Waals surface area contributed by atoms with Gasteiger partial charge in [0.2, 0.25) is 17.1 Å². The standard InChI is InChI=1S/C22H19F2N3O4/c1-25-10-16-8-15(25)11-26(16)14-6-7-17-18(9-14)27(13-4-2-12(23)3-5-13)21(24)20(19(17)28)31-22(29)30/h2-7,9,15-16H,8,10-11H2,1H3,(H,29,30). The maximum absolute atomic E-state index is 15.4. The van der Waals surface area contributed by atoms with E-state index in [4.69, 9.17) is 5.11 Å². The van der Waals surface area contributed by atoms with Crippen LogP contribution in [0.4, 0.5) is 19.3 Å². The zero-order valence-electron chi connectivity index (χ0n) is 16.6. The summed E-state index contributed by atoms with van der Waals surface area (Å²) in [5.74, 6) is -2.58. The van der Waals surface area contributed by atoms with E-state index in [0.29, 0.717) is 12.1 Å². The summed E-state index contributed by atoms with van der Waals surface area (Å²) in [5.41, 5.74) is 0.469. The number of anilines is 1. The molecule has 2 atom stereocenters. The molecule has 9 heteroatoms. The molecule has 7 nitrogen and oxygen atoms in total. The number of nitrogens with zero attached hydrogens (tertiary/aromatic N) is 3. The van der Waals surface area contributed by atoms with Crippen LogP contribution >= 0.6 is 0 Å². The van der Waals surface area contributed by atoms with Crippen molar-refractivity contribution in [2.45, 2.75) is 18.5 Å². The van der Waals surface area contributed by atoms with Crippen LogP contribution in [-0.2, 0) is 0 Å². The summed E-state index contributed by atoms with van der Waals surface area (Å²) in [7, 11) is 2.09. The summed E-state index contributed by atoms with van der Waals surface area (Å²) in [6, 6.07) is 10.9. The highest BCUT2D eigenvalue weighted by Gasteiger charge is 2.41. The summed E-state index contributed by atoms with van der Waals surface area (Å²) in [6.45, 7) is 1.75. The molecule has 2 aliphatic heterocycles. The topological polar surface area (TPSA) is 75.0 Å². The number of ether oxygens (including phenoxy) is 1. The molecule has 5 rings (SSSR count). The molecule has 2 unspecified atom stereocenters. The van der Waals surface area contributed by atoms with Gasteiger partial charge < -0.3 is 14.7 Å². The monoisotopic (exact) mass is 427 g/mol. The van der Waals surface area contributed by atoms with Gasteiger partial charge in [-0.1, -0.05) is 0 Å². The predicted octanol–water partition coefficient (Wildman–Crippen LogP) is 3.22. The van der Waals surface area contributed by atoms with Crippen molar-refractivity contribution < 1.29 is 23.4 Å². The van der Waals surface area contributed by atoms with Crippen LogP contribution in [0.1, 0.15) is 6.42 Å². The molecule has 0 aliphatic carbocycles. The predicted molar refractivity (Wildman–Crippen MR) is 110 cm³/mol. The SMILES string of the molecule is CN1CC2CC1CN2c1ccc2c(=O)c(OC(=O)O)c(F)n(-c3ccc(F)cc3)c2c1. The first-order chi connectivity index (χ1) is 14.8. The molecular formula is C22H19F2N3O4. The number of carbonyl (C=O) groups is 1. The normalized spacial score (nSPS) is 20.5. The highest BCUT2D eigenvalue weighted by Crippen LogP contribution is 2.35. The van der Waals surface area contributed by atoms with Gasteiger partial charge in [-0.3, -0.25) is 14.3 Å². The molecule has 1 N–H and O–H groups in total. The molecule has 0 spiro atoms. The van der Waals surface area contributed by atoms with E-state index >= 15 is 4.39 Å². The van der Waals surface area contributed by atoms with Gasteiger partial charge in [0.05, 0.1) is 10.9 Å². The number of likely N-dealkylation sites (tertiary alicyclic amines) is 1. The highest BCUT2D eigenvalue weighted by atomic mass is 19.1. The lowest BCUT2D eigenvalue weighted by atomic mass is 10.1. The maximum atomic E-state index is 15.4. The van der Waals surface area contributed by atoms with Gasteiger partial charge in [0, 0.05) is 36.5 Å². The van der Waals surface area contributed by atoms with Gasteiger partial charge in [0.25, 0.3) is 0 Å². The minimum Gasteiger partial charge on any atom is -0.449 e. The van der Waals surface area contributed by atoms with Crippen molar-refractivity contribution in [2.75, 3.05) is 25.0 Å². The van der Waals surface area contributed by atoms with E-state index in [0.717, 1.165) is 41.9 Å². The molecule has 2 saturated heterocycles. The molecule has 160 valence electrons. The first-order valence-electron chi connectivity index (χ1n) is 9.85. The molecule has 0 radical (unpaired) electrons. The Bertz CT molecular complexity index is 1260. The lowest BCUT2D eigenvalue weighted by molar-refractivity contribution is 0.141. The number of fused-ring (bicyclic) bond motifs is 3. The lowest BCUT2D eigenvalue weighted by Gasteiger charge is -2.33. The van der Waals surface area contributed by atoms with E-state index in [1.165, 1.54) is 12.1 Å². The zero-order valence-corrected chi connectivity index (χ0v) is 16.6. The Morgan fingerprint density at radius 2 is 1.77 bits per heavy atom. The van der Waals surface area contributed by atoms with Gasteiger partial charge in [0.15, 0.2) is 0 Å². The first-order valence-corrected chi connectivity index (χ1v) is 9.85. The second-order valence-electron chi connectivity index (χ2n) is 7.97. The Morgan fingerprint density at radius 1 is 1.06 bits per heavy atom. The van der Waals surface area contributed by atoms with Crippen LogP contribution < -0.4 is 15.1 Å². The fraction of sp³-hybridized carbons (Fsp3) is 0.273. The molecule has 2 fully saturated rings. The Labute approximate surface area is 175 Å². The van der Waals surface area contributed by atoms with Crippen molar-refractivity contribution in [3.63, 3.8) is 0 Å². The van der Waals surface area contributed by atoms with Crippen molar-refractivity contribution in [3.8, 4) is 11.4 Å². The average Bonchev–Trinajstić information content (AvgIpc) is 3.31. The Morgan fingerprint density at radius 3 is 2.39 bits per heavy atom. The van der Waals surface area contributed by atoms with Crippen molar-refractivity contribution in [1.29, 1.82) is 0 Å². The number of likely N-dealkylation sites (N-methyl/N-ethyl adjacent to an activating group) is 1. The van der Waals surface area contributed by atoms with Crippen molar-refractivity contribution in [2.24, 2.45) is 0 Å². The smallest absolute Gasteiger partial charge is 0.449 e. The van der Waals surface area contributed by atoms with Crippen LogP contribution in [0.2, 0.25) is 0 Å². The number of benzene rings is 2. The number of hydrogen-bond donors (Lipinski definition) is 1. The molecule has 0 amide bonds. The summed E-state index contributed by atoms with van der Waals surface area (Å²) >= 11 is 0. The number of aromatic nitrogens is 1. The third-order valence-electron chi connectivity index (χ3n) is 6.18. The van der Waals surface area contributed by atoms with E-state index in [2.05, 4.69) is 21.6 Å². The number of carboxylic acid groups (broad SMARTS) is 1. The first kappa shape index (κ1) is 19.5. The quantitative estimate of drug-likeness (QED) is 0.511. The average molecular weight is 427 g/mol. The molecule has 3 aromatic rings. The molecule has 2 aliphatic rings. The molecule has 2 bridgehead atoms. The molecule has 0 saturated carbocycles. The lowest BCUT2D eigenvalue weighted by Crippen LogP contribution is -2.44. The largest absolute Gasteiger partial charge is 0.511 e. The molecular weight excluding hydrogens is 408 g/mol. The van der Waals surface area contributed by atoms with E-state index in [9.17, 15) is 14.0 Å². The number of rotatable bonds is 3. The Hall–Kier alpha value is -3.46. The molecule has 31 heavy (non-hydrogen) atoms. The van der Waals surface area contributed by atoms with Crippen LogP contribution in [0.5, 0.6) is 5.75 Å². The zero-order chi connectivity index (χ0) is 21.9. The molecule has 2 aromatic carbocycles. The fourth-order valence-corrected chi connectivity index (χ4v) is 4.70. The second-order valence-corrected chi connectivity index (χ2v) is 7.97. The third-order valence-corrected chi connectivity index (χ3v) is 6.18. The van der Waals surface area contributed by atoms with Crippen LogP contribution in [0.15, 0.2) is 47.3 Å². The Kier molecular flexibility index (Phi) is 4.44. The summed E-state index contributed by atoms with van der Waals surface area (Å²) in [5, 5.41) is 9.06. The molecule has 1 aromatic heterocycles. The number of halogens is 2. The number of pyridine rings is 1. The minimum absolute atomic E-state index is 0.104. The molecule has 3 heterocycles. The van der Waals surface area contributed by atoms with Crippen LogP contribution in [0.3, 0.4) is 0 Å². The van der Waals surface area contributed by atoms with E-state index in [1.807, 2.05) is 0 Å². The van der Waals surface area contributed by atoms with Gasteiger partial charge in [-0.15, -0.1) is 0 Å². The van der Waals surface area contributed by atoms with Crippen LogP contribution in [0.25, 0.3) is 16.6 Å². The van der Waals surface area contributed by atoms with Gasteiger partial charge in [-0.05, 0) is 55.9 Å². The fourth-order valence-electron chi connectivity index (χ4n) is 4.70. The summed E-state index contributed by atoms with van der Waals surface area (Å²) in [4.78, 5) is 28.4. The second kappa shape index (κ2) is 7.05. The van der Waals surface area contributed by atoms with Crippen molar-refractivity contribution >= 4 is 22.7 Å². The van der Waals surface area contributed by atoms with Crippen LogP contribution in [0, 0.1) is 11.8 Å². The minimum atomic E-state index is -1.80.